The van der Waals surface area contributed by atoms with Gasteiger partial charge in [-0.3, -0.25) is 5.43 Å². The second kappa shape index (κ2) is 6.25. The highest BCUT2D eigenvalue weighted by Crippen LogP contribution is 2.35. The van der Waals surface area contributed by atoms with Gasteiger partial charge < -0.3 is 4.42 Å². The van der Waals surface area contributed by atoms with Crippen LogP contribution in [0.2, 0.25) is 0 Å². The topological polar surface area (TPSA) is 63.3 Å². The molecule has 0 unspecified atom stereocenters. The fourth-order valence-corrected chi connectivity index (χ4v) is 3.46. The zero-order valence-corrected chi connectivity index (χ0v) is 13.7. The molecule has 0 atom stereocenters. The number of rotatable bonds is 4. The number of aryl methyl sites for hydroxylation is 1. The summed E-state index contributed by atoms with van der Waals surface area (Å²) < 4.78 is 5.22. The molecule has 0 saturated heterocycles. The van der Waals surface area contributed by atoms with Crippen molar-refractivity contribution in [2.45, 2.75) is 6.92 Å². The molecule has 1 N–H and O–H groups in total. The summed E-state index contributed by atoms with van der Waals surface area (Å²) in [6.07, 6.45) is 3.23. The number of nitrogens with zero attached hydrogens (tertiary/aromatic N) is 3. The fraction of sp³-hybridized carbons (Fsp3) is 0.0556. The molecule has 0 spiro atoms. The fourth-order valence-electron chi connectivity index (χ4n) is 2.38. The van der Waals surface area contributed by atoms with Gasteiger partial charge in [0.25, 0.3) is 0 Å². The van der Waals surface area contributed by atoms with Crippen molar-refractivity contribution in [2.24, 2.45) is 5.10 Å². The van der Waals surface area contributed by atoms with Crippen molar-refractivity contribution in [2.75, 3.05) is 5.43 Å². The summed E-state index contributed by atoms with van der Waals surface area (Å²) in [4.78, 5) is 11.1. The first-order valence-corrected chi connectivity index (χ1v) is 8.27. The number of anilines is 1. The monoisotopic (exact) mass is 334 g/mol. The minimum absolute atomic E-state index is 0.680. The van der Waals surface area contributed by atoms with Gasteiger partial charge in [-0.15, -0.1) is 11.3 Å². The van der Waals surface area contributed by atoms with E-state index < -0.39 is 0 Å². The quantitative estimate of drug-likeness (QED) is 0.434. The van der Waals surface area contributed by atoms with E-state index in [4.69, 9.17) is 4.42 Å². The molecule has 5 nitrogen and oxygen atoms in total. The predicted molar refractivity (Wildman–Crippen MR) is 97.5 cm³/mol. The van der Waals surface area contributed by atoms with Gasteiger partial charge in [-0.1, -0.05) is 30.3 Å². The van der Waals surface area contributed by atoms with Crippen LogP contribution in [-0.2, 0) is 0 Å². The first kappa shape index (κ1) is 14.6. The summed E-state index contributed by atoms with van der Waals surface area (Å²) in [5.41, 5.74) is 4.17. The summed E-state index contributed by atoms with van der Waals surface area (Å²) in [5, 5.41) is 5.16. The summed E-state index contributed by atoms with van der Waals surface area (Å²) in [7, 11) is 0. The summed E-state index contributed by atoms with van der Waals surface area (Å²) in [5.74, 6) is 2.08. The Kier molecular flexibility index (Phi) is 3.80. The molecule has 1 aromatic carbocycles. The summed E-state index contributed by atoms with van der Waals surface area (Å²) in [6.45, 7) is 1.88. The molecule has 3 aromatic heterocycles. The lowest BCUT2D eigenvalue weighted by molar-refractivity contribution is 0.560. The van der Waals surface area contributed by atoms with Gasteiger partial charge in [0.2, 0.25) is 0 Å². The van der Waals surface area contributed by atoms with E-state index >= 15 is 0 Å². The van der Waals surface area contributed by atoms with Crippen molar-refractivity contribution in [3.63, 3.8) is 0 Å². The molecule has 0 aliphatic carbocycles. The molecule has 0 aliphatic rings. The Morgan fingerprint density at radius 1 is 1.12 bits per heavy atom. The van der Waals surface area contributed by atoms with Gasteiger partial charge in [-0.05, 0) is 30.7 Å². The Morgan fingerprint density at radius 2 is 2.00 bits per heavy atom. The maximum atomic E-state index is 5.22. The number of fused-ring (bicyclic) bond motifs is 1. The highest BCUT2D eigenvalue weighted by molar-refractivity contribution is 7.21. The van der Waals surface area contributed by atoms with Crippen LogP contribution in [0.15, 0.2) is 64.3 Å². The number of thiophene rings is 1. The lowest BCUT2D eigenvalue weighted by Crippen LogP contribution is -1.97. The number of benzene rings is 1. The second-order valence-corrected chi connectivity index (χ2v) is 6.23. The summed E-state index contributed by atoms with van der Waals surface area (Å²) in [6, 6.07) is 16.0. The SMILES string of the molecule is Cc1nc(N/N=C/c2ccco2)c2cc(-c3ccccc3)sc2n1. The van der Waals surface area contributed by atoms with Crippen LogP contribution in [0.3, 0.4) is 0 Å². The molecule has 24 heavy (non-hydrogen) atoms. The molecule has 6 heteroatoms. The zero-order valence-electron chi connectivity index (χ0n) is 12.9. The number of hydrogen-bond acceptors (Lipinski definition) is 6. The van der Waals surface area contributed by atoms with Crippen molar-refractivity contribution in [3.05, 3.63) is 66.4 Å². The average molecular weight is 334 g/mol. The average Bonchev–Trinajstić information content (AvgIpc) is 3.25. The Morgan fingerprint density at radius 3 is 2.79 bits per heavy atom. The lowest BCUT2D eigenvalue weighted by atomic mass is 10.2. The molecule has 4 rings (SSSR count). The third-order valence-electron chi connectivity index (χ3n) is 3.47. The summed E-state index contributed by atoms with van der Waals surface area (Å²) >= 11 is 1.65. The zero-order chi connectivity index (χ0) is 16.4. The maximum absolute atomic E-state index is 5.22. The normalized spacial score (nSPS) is 11.4. The van der Waals surface area contributed by atoms with Crippen molar-refractivity contribution < 1.29 is 4.42 Å². The van der Waals surface area contributed by atoms with Gasteiger partial charge in [0.1, 0.15) is 16.4 Å². The van der Waals surface area contributed by atoms with E-state index in [1.165, 1.54) is 5.56 Å². The van der Waals surface area contributed by atoms with Crippen LogP contribution in [-0.4, -0.2) is 16.2 Å². The molecule has 0 amide bonds. The standard InChI is InChI=1S/C18H14N4OS/c1-12-20-17(22-19-11-14-8-5-9-23-14)15-10-16(24-18(15)21-12)13-6-3-2-4-7-13/h2-11H,1H3,(H,20,21,22)/b19-11+. The van der Waals surface area contributed by atoms with Crippen molar-refractivity contribution in [3.8, 4) is 10.4 Å². The minimum atomic E-state index is 0.680. The molecule has 4 aromatic rings. The van der Waals surface area contributed by atoms with Crippen LogP contribution in [0, 0.1) is 6.92 Å². The van der Waals surface area contributed by atoms with E-state index in [0.29, 0.717) is 17.4 Å². The molecule has 0 saturated carbocycles. The van der Waals surface area contributed by atoms with Gasteiger partial charge in [0.05, 0.1) is 17.9 Å². The van der Waals surface area contributed by atoms with E-state index in [0.717, 1.165) is 15.1 Å². The maximum Gasteiger partial charge on any atom is 0.158 e. The van der Waals surface area contributed by atoms with E-state index in [9.17, 15) is 0 Å². The molecular formula is C18H14N4OS. The second-order valence-electron chi connectivity index (χ2n) is 5.20. The molecular weight excluding hydrogens is 320 g/mol. The number of aromatic nitrogens is 2. The Bertz CT molecular complexity index is 991. The molecule has 0 fully saturated rings. The number of hydrogen-bond donors (Lipinski definition) is 1. The molecule has 0 radical (unpaired) electrons. The Labute approximate surface area is 142 Å². The predicted octanol–water partition coefficient (Wildman–Crippen LogP) is 4.71. The van der Waals surface area contributed by atoms with Crippen LogP contribution < -0.4 is 5.43 Å². The van der Waals surface area contributed by atoms with Gasteiger partial charge >= 0.3 is 0 Å². The van der Waals surface area contributed by atoms with Gasteiger partial charge in [-0.25, -0.2) is 9.97 Å². The Balaban J connectivity index is 1.71. The number of furan rings is 1. The van der Waals surface area contributed by atoms with Crippen LogP contribution >= 0.6 is 11.3 Å². The van der Waals surface area contributed by atoms with Crippen LogP contribution in [0.5, 0.6) is 0 Å². The highest BCUT2D eigenvalue weighted by atomic mass is 32.1. The van der Waals surface area contributed by atoms with Crippen LogP contribution in [0.1, 0.15) is 11.6 Å². The first-order valence-electron chi connectivity index (χ1n) is 7.46. The lowest BCUT2D eigenvalue weighted by Gasteiger charge is -2.01. The van der Waals surface area contributed by atoms with Crippen molar-refractivity contribution in [1.82, 2.24) is 9.97 Å². The number of nitrogens with one attached hydrogen (secondary N) is 1. The van der Waals surface area contributed by atoms with Gasteiger partial charge in [-0.2, -0.15) is 5.10 Å². The molecule has 3 heterocycles. The highest BCUT2D eigenvalue weighted by Gasteiger charge is 2.11. The van der Waals surface area contributed by atoms with E-state index in [1.807, 2.05) is 37.3 Å². The van der Waals surface area contributed by atoms with Crippen LogP contribution in [0.4, 0.5) is 5.82 Å². The Hall–Kier alpha value is -2.99. The smallest absolute Gasteiger partial charge is 0.158 e. The molecule has 0 bridgehead atoms. The molecule has 0 aliphatic heterocycles. The van der Waals surface area contributed by atoms with Crippen molar-refractivity contribution >= 4 is 33.6 Å². The van der Waals surface area contributed by atoms with E-state index in [-0.39, 0.29) is 0 Å². The van der Waals surface area contributed by atoms with E-state index in [1.54, 1.807) is 23.8 Å². The molecule has 118 valence electrons. The number of hydrazone groups is 1. The minimum Gasteiger partial charge on any atom is -0.463 e. The van der Waals surface area contributed by atoms with Gasteiger partial charge in [0, 0.05) is 4.88 Å². The van der Waals surface area contributed by atoms with Crippen LogP contribution in [0.25, 0.3) is 20.7 Å². The first-order chi connectivity index (χ1) is 11.8. The third-order valence-corrected chi connectivity index (χ3v) is 4.55. The van der Waals surface area contributed by atoms with Gasteiger partial charge in [0.15, 0.2) is 5.82 Å². The third kappa shape index (κ3) is 2.91. The van der Waals surface area contributed by atoms with E-state index in [2.05, 4.69) is 38.7 Å². The van der Waals surface area contributed by atoms with Crippen molar-refractivity contribution in [1.29, 1.82) is 0 Å². The largest absolute Gasteiger partial charge is 0.463 e.